The lowest BCUT2D eigenvalue weighted by molar-refractivity contribution is 0.0996. The normalized spacial score (nSPS) is 17.6. The molecular weight excluding hydrogens is 640 g/mol. The molecule has 48 heavy (non-hydrogen) atoms. The molecule has 2 fully saturated rings. The molecule has 0 saturated carbocycles. The lowest BCUT2D eigenvalue weighted by atomic mass is 9.98. The van der Waals surface area contributed by atoms with Crippen molar-refractivity contribution in [3.63, 3.8) is 0 Å². The molecule has 1 aromatic heterocycles. The van der Waals surface area contributed by atoms with Crippen LogP contribution in [0, 0.1) is 18.6 Å². The molecule has 0 radical (unpaired) electrons. The highest BCUT2D eigenvalue weighted by atomic mass is 32.2. The summed E-state index contributed by atoms with van der Waals surface area (Å²) >= 11 is 0. The molecule has 0 spiro atoms. The molecule has 10 nitrogen and oxygen atoms in total. The molecule has 2 N–H and O–H groups in total. The summed E-state index contributed by atoms with van der Waals surface area (Å²) in [5.41, 5.74) is 7.37. The second kappa shape index (κ2) is 13.3. The Kier molecular flexibility index (Phi) is 9.17. The van der Waals surface area contributed by atoms with Crippen LogP contribution in [0.5, 0.6) is 11.6 Å². The number of piperidine rings is 1. The van der Waals surface area contributed by atoms with Gasteiger partial charge in [-0.05, 0) is 61.2 Å². The minimum Gasteiger partial charge on any atom is -0.439 e. The molecule has 13 heteroatoms. The molecule has 0 aliphatic carbocycles. The van der Waals surface area contributed by atoms with Gasteiger partial charge in [-0.25, -0.2) is 27.0 Å². The van der Waals surface area contributed by atoms with Crippen LogP contribution in [0.4, 0.5) is 19.3 Å². The van der Waals surface area contributed by atoms with Crippen LogP contribution < -0.4 is 15.4 Å². The molecule has 6 rings (SSSR count). The standard InChI is InChI=1S/C35H35F2N5O5S/c1-22-24(8-13-33(39-22)47-26-9-11-27(12-10-26)48(2,45)46)20-40-16-14-25(15-17-40)42-32(23-6-4-3-5-7-23)21-41(35(42)44)31-18-28(34(38)43)29(36)19-30(31)37/h3-13,18-19,25,32H,14-17,20-21H2,1-2H3,(H2,38,43)/t32-/m1/s1. The van der Waals surface area contributed by atoms with Crippen LogP contribution in [0.2, 0.25) is 0 Å². The SMILES string of the molecule is Cc1nc(Oc2ccc(S(C)(=O)=O)cc2)ccc1CN1CCC(N2C(=O)N(c3cc(C(N)=O)c(F)cc3F)C[C@@H]2c2ccccc2)CC1. The van der Waals surface area contributed by atoms with Crippen molar-refractivity contribution >= 4 is 27.5 Å². The largest absolute Gasteiger partial charge is 0.439 e. The first-order valence-electron chi connectivity index (χ1n) is 15.5. The minimum absolute atomic E-state index is 0.130. The number of hydrogen-bond acceptors (Lipinski definition) is 7. The molecule has 2 aliphatic rings. The number of likely N-dealkylation sites (tertiary alicyclic amines) is 1. The summed E-state index contributed by atoms with van der Waals surface area (Å²) in [7, 11) is -3.30. The number of amides is 3. The molecule has 3 heterocycles. The third-order valence-electron chi connectivity index (χ3n) is 8.91. The van der Waals surface area contributed by atoms with E-state index in [9.17, 15) is 22.4 Å². The quantitative estimate of drug-likeness (QED) is 0.245. The first-order valence-corrected chi connectivity index (χ1v) is 17.4. The number of urea groups is 1. The predicted octanol–water partition coefficient (Wildman–Crippen LogP) is 5.61. The fraction of sp³-hybridized carbons (Fsp3) is 0.286. The van der Waals surface area contributed by atoms with Crippen LogP contribution in [0.15, 0.2) is 83.8 Å². The number of hydrogen-bond donors (Lipinski definition) is 1. The van der Waals surface area contributed by atoms with Crippen molar-refractivity contribution in [3.8, 4) is 11.6 Å². The average Bonchev–Trinajstić information content (AvgIpc) is 3.39. The van der Waals surface area contributed by atoms with Gasteiger partial charge >= 0.3 is 6.03 Å². The molecule has 0 unspecified atom stereocenters. The van der Waals surface area contributed by atoms with E-state index in [1.807, 2.05) is 43.3 Å². The summed E-state index contributed by atoms with van der Waals surface area (Å²) in [5, 5.41) is 0. The summed E-state index contributed by atoms with van der Waals surface area (Å²) in [6, 6.07) is 20.1. The van der Waals surface area contributed by atoms with E-state index in [1.165, 1.54) is 17.0 Å². The number of carbonyl (C=O) groups is 2. The van der Waals surface area contributed by atoms with Crippen molar-refractivity contribution < 1.29 is 31.5 Å². The topological polar surface area (TPSA) is 126 Å². The molecule has 250 valence electrons. The van der Waals surface area contributed by atoms with Gasteiger partial charge in [0, 0.05) is 49.8 Å². The van der Waals surface area contributed by atoms with E-state index in [4.69, 9.17) is 10.5 Å². The van der Waals surface area contributed by atoms with E-state index in [2.05, 4.69) is 9.88 Å². The molecule has 3 aromatic carbocycles. The predicted molar refractivity (Wildman–Crippen MR) is 176 cm³/mol. The van der Waals surface area contributed by atoms with Crippen molar-refractivity contribution in [1.82, 2.24) is 14.8 Å². The van der Waals surface area contributed by atoms with E-state index in [0.717, 1.165) is 29.1 Å². The van der Waals surface area contributed by atoms with Crippen molar-refractivity contribution in [2.24, 2.45) is 5.73 Å². The highest BCUT2D eigenvalue weighted by Crippen LogP contribution is 2.38. The zero-order chi connectivity index (χ0) is 34.2. The monoisotopic (exact) mass is 675 g/mol. The number of sulfone groups is 1. The molecule has 2 saturated heterocycles. The van der Waals surface area contributed by atoms with Crippen LogP contribution in [0.1, 0.15) is 46.1 Å². The Labute approximate surface area is 277 Å². The maximum atomic E-state index is 15.1. The Bertz CT molecular complexity index is 1950. The Morgan fingerprint density at radius 2 is 1.67 bits per heavy atom. The average molecular weight is 676 g/mol. The molecule has 3 amide bonds. The maximum absolute atomic E-state index is 15.1. The third-order valence-corrected chi connectivity index (χ3v) is 10.0. The third kappa shape index (κ3) is 6.87. The van der Waals surface area contributed by atoms with Gasteiger partial charge < -0.3 is 15.4 Å². The van der Waals surface area contributed by atoms with Gasteiger partial charge in [0.1, 0.15) is 17.4 Å². The second-order valence-corrected chi connectivity index (χ2v) is 14.1. The van der Waals surface area contributed by atoms with Crippen LogP contribution in [-0.4, -0.2) is 67.1 Å². The number of rotatable bonds is 9. The van der Waals surface area contributed by atoms with Gasteiger partial charge in [-0.3, -0.25) is 14.6 Å². The number of primary amides is 1. The molecular formula is C35H35F2N5O5S. The lowest BCUT2D eigenvalue weighted by Gasteiger charge is -2.39. The Morgan fingerprint density at radius 1 is 0.979 bits per heavy atom. The summed E-state index contributed by atoms with van der Waals surface area (Å²) in [4.78, 5) is 35.9. The molecule has 1 atom stereocenters. The van der Waals surface area contributed by atoms with Gasteiger partial charge in [-0.2, -0.15) is 0 Å². The van der Waals surface area contributed by atoms with Crippen molar-refractivity contribution in [3.05, 3.63) is 113 Å². The Balaban J connectivity index is 1.14. The van der Waals surface area contributed by atoms with Crippen LogP contribution >= 0.6 is 0 Å². The van der Waals surface area contributed by atoms with E-state index < -0.39 is 39.0 Å². The zero-order valence-corrected chi connectivity index (χ0v) is 27.3. The Hall–Kier alpha value is -4.88. The fourth-order valence-electron chi connectivity index (χ4n) is 6.36. The minimum atomic E-state index is -3.30. The molecule has 0 bridgehead atoms. The van der Waals surface area contributed by atoms with Gasteiger partial charge in [-0.1, -0.05) is 36.4 Å². The zero-order valence-electron chi connectivity index (χ0n) is 26.5. The molecule has 2 aliphatic heterocycles. The van der Waals surface area contributed by atoms with Crippen LogP contribution in [0.25, 0.3) is 0 Å². The van der Waals surface area contributed by atoms with Crippen molar-refractivity contribution in [2.45, 2.75) is 43.3 Å². The summed E-state index contributed by atoms with van der Waals surface area (Å²) < 4.78 is 58.6. The maximum Gasteiger partial charge on any atom is 0.325 e. The first-order chi connectivity index (χ1) is 22.9. The van der Waals surface area contributed by atoms with Crippen LogP contribution in [0.3, 0.4) is 0 Å². The fourth-order valence-corrected chi connectivity index (χ4v) is 6.99. The van der Waals surface area contributed by atoms with Gasteiger partial charge in [0.05, 0.1) is 28.7 Å². The van der Waals surface area contributed by atoms with Crippen molar-refractivity contribution in [1.29, 1.82) is 0 Å². The number of carbonyl (C=O) groups excluding carboxylic acids is 2. The van der Waals surface area contributed by atoms with Gasteiger partial charge in [0.15, 0.2) is 9.84 Å². The second-order valence-electron chi connectivity index (χ2n) is 12.1. The van der Waals surface area contributed by atoms with E-state index in [-0.39, 0.29) is 29.2 Å². The summed E-state index contributed by atoms with van der Waals surface area (Å²) in [6.45, 7) is 4.09. The van der Waals surface area contributed by atoms with Crippen LogP contribution in [-0.2, 0) is 16.4 Å². The first kappa shape index (κ1) is 33.0. The number of halogens is 2. The molecule has 4 aromatic rings. The highest BCUT2D eigenvalue weighted by Gasteiger charge is 2.44. The van der Waals surface area contributed by atoms with E-state index >= 15 is 4.39 Å². The number of aryl methyl sites for hydroxylation is 1. The number of nitrogens with zero attached hydrogens (tertiary/aromatic N) is 4. The highest BCUT2D eigenvalue weighted by molar-refractivity contribution is 7.90. The number of pyridine rings is 1. The van der Waals surface area contributed by atoms with E-state index in [1.54, 1.807) is 23.1 Å². The van der Waals surface area contributed by atoms with Gasteiger partial charge in [-0.15, -0.1) is 0 Å². The number of aromatic nitrogens is 1. The van der Waals surface area contributed by atoms with Crippen molar-refractivity contribution in [2.75, 3.05) is 30.8 Å². The summed E-state index contributed by atoms with van der Waals surface area (Å²) in [6.07, 6.45) is 2.51. The number of ether oxygens (including phenoxy) is 1. The number of benzene rings is 3. The Morgan fingerprint density at radius 3 is 2.29 bits per heavy atom. The van der Waals surface area contributed by atoms with Gasteiger partial charge in [0.25, 0.3) is 5.91 Å². The summed E-state index contributed by atoms with van der Waals surface area (Å²) in [5.74, 6) is -2.19. The lowest BCUT2D eigenvalue weighted by Crippen LogP contribution is -2.47. The number of nitrogens with two attached hydrogens (primary N) is 1. The smallest absolute Gasteiger partial charge is 0.325 e. The number of anilines is 1. The van der Waals surface area contributed by atoms with E-state index in [0.29, 0.717) is 50.2 Å². The van der Waals surface area contributed by atoms with Gasteiger partial charge in [0.2, 0.25) is 5.88 Å².